The Morgan fingerprint density at radius 2 is 1.70 bits per heavy atom. The number of aliphatic hydroxyl groups is 5. The Bertz CT molecular complexity index is 417. The molecule has 1 aliphatic heterocycles. The summed E-state index contributed by atoms with van der Waals surface area (Å²) < 4.78 is 15.6. The van der Waals surface area contributed by atoms with Gasteiger partial charge in [0.2, 0.25) is 0 Å². The zero-order valence-corrected chi connectivity index (χ0v) is 10.6. The molecule has 1 fully saturated rings. The van der Waals surface area contributed by atoms with Crippen LogP contribution < -0.4 is 0 Å². The molecule has 0 amide bonds. The van der Waals surface area contributed by atoms with Gasteiger partial charge in [0, 0.05) is 0 Å². The van der Waals surface area contributed by atoms with Crippen molar-refractivity contribution in [3.8, 4) is 0 Å². The molecule has 2 rings (SSSR count). The van der Waals surface area contributed by atoms with Crippen molar-refractivity contribution in [3.05, 3.63) is 23.7 Å². The Balaban J connectivity index is 1.94. The lowest BCUT2D eigenvalue weighted by Gasteiger charge is -2.39. The molecule has 0 radical (unpaired) electrons. The van der Waals surface area contributed by atoms with Crippen LogP contribution in [-0.2, 0) is 22.7 Å². The van der Waals surface area contributed by atoms with Gasteiger partial charge < -0.3 is 39.4 Å². The quantitative estimate of drug-likeness (QED) is 0.424. The van der Waals surface area contributed by atoms with Gasteiger partial charge in [-0.2, -0.15) is 0 Å². The van der Waals surface area contributed by atoms with E-state index in [1.54, 1.807) is 12.1 Å². The molecule has 2 heterocycles. The number of ether oxygens (including phenoxy) is 2. The van der Waals surface area contributed by atoms with Crippen molar-refractivity contribution in [1.82, 2.24) is 0 Å². The van der Waals surface area contributed by atoms with Crippen LogP contribution in [0, 0.1) is 0 Å². The largest absolute Gasteiger partial charge is 0.461 e. The number of hydrogen-bond donors (Lipinski definition) is 5. The lowest BCUT2D eigenvalue weighted by molar-refractivity contribution is -0.304. The second-order valence-corrected chi connectivity index (χ2v) is 4.53. The maximum Gasteiger partial charge on any atom is 0.187 e. The van der Waals surface area contributed by atoms with Crippen LogP contribution in [0.25, 0.3) is 0 Å². The fourth-order valence-electron chi connectivity index (χ4n) is 1.95. The zero-order chi connectivity index (χ0) is 14.7. The third-order valence-electron chi connectivity index (χ3n) is 3.11. The summed E-state index contributed by atoms with van der Waals surface area (Å²) in [6.07, 6.45) is -6.55. The normalized spacial score (nSPS) is 34.4. The SMILES string of the molecule is OCc1ccc(COC2O[C@H](CO)[C@@H](O)[C@H](O)[C@H]2O)o1. The summed E-state index contributed by atoms with van der Waals surface area (Å²) in [4.78, 5) is 0. The zero-order valence-electron chi connectivity index (χ0n) is 10.6. The number of furan rings is 1. The lowest BCUT2D eigenvalue weighted by atomic mass is 9.99. The van der Waals surface area contributed by atoms with Gasteiger partial charge in [0.25, 0.3) is 0 Å². The first kappa shape index (κ1) is 15.4. The Morgan fingerprint density at radius 1 is 1.00 bits per heavy atom. The highest BCUT2D eigenvalue weighted by molar-refractivity contribution is 5.05. The van der Waals surface area contributed by atoms with E-state index in [0.29, 0.717) is 11.5 Å². The third kappa shape index (κ3) is 3.18. The summed E-state index contributed by atoms with van der Waals surface area (Å²) in [6, 6.07) is 3.17. The first-order chi connectivity index (χ1) is 9.56. The van der Waals surface area contributed by atoms with Crippen molar-refractivity contribution in [2.75, 3.05) is 6.61 Å². The number of hydrogen-bond acceptors (Lipinski definition) is 8. The van der Waals surface area contributed by atoms with Crippen molar-refractivity contribution in [3.63, 3.8) is 0 Å². The summed E-state index contributed by atoms with van der Waals surface area (Å²) in [5, 5.41) is 46.8. The van der Waals surface area contributed by atoms with Crippen LogP contribution >= 0.6 is 0 Å². The van der Waals surface area contributed by atoms with Crippen LogP contribution in [0.2, 0.25) is 0 Å². The van der Waals surface area contributed by atoms with E-state index in [1.165, 1.54) is 0 Å². The molecule has 1 unspecified atom stereocenters. The Labute approximate surface area is 114 Å². The molecule has 8 heteroatoms. The van der Waals surface area contributed by atoms with Crippen LogP contribution in [0.3, 0.4) is 0 Å². The topological polar surface area (TPSA) is 133 Å². The van der Waals surface area contributed by atoms with E-state index >= 15 is 0 Å². The van der Waals surface area contributed by atoms with Crippen LogP contribution in [0.4, 0.5) is 0 Å². The van der Waals surface area contributed by atoms with Crippen molar-refractivity contribution >= 4 is 0 Å². The van der Waals surface area contributed by atoms with Gasteiger partial charge in [-0.1, -0.05) is 0 Å². The maximum atomic E-state index is 9.74. The standard InChI is InChI=1S/C12H18O8/c13-3-6-1-2-7(19-6)5-18-12-11(17)10(16)9(15)8(4-14)20-12/h1-2,8-17H,3-5H2/t8-,9-,10+,11-,12?/m1/s1. The van der Waals surface area contributed by atoms with E-state index in [2.05, 4.69) is 0 Å². The predicted molar refractivity (Wildman–Crippen MR) is 63.2 cm³/mol. The van der Waals surface area contributed by atoms with Gasteiger partial charge in [-0.05, 0) is 12.1 Å². The van der Waals surface area contributed by atoms with Crippen molar-refractivity contribution in [2.45, 2.75) is 43.9 Å². The van der Waals surface area contributed by atoms with E-state index < -0.39 is 37.3 Å². The van der Waals surface area contributed by atoms with E-state index in [9.17, 15) is 15.3 Å². The van der Waals surface area contributed by atoms with Gasteiger partial charge in [-0.25, -0.2) is 0 Å². The summed E-state index contributed by atoms with van der Waals surface area (Å²) in [6.45, 7) is -0.803. The van der Waals surface area contributed by atoms with Gasteiger partial charge in [-0.3, -0.25) is 0 Å². The molecule has 1 saturated heterocycles. The molecule has 20 heavy (non-hydrogen) atoms. The molecule has 0 aromatic carbocycles. The molecule has 5 N–H and O–H groups in total. The minimum atomic E-state index is -1.48. The summed E-state index contributed by atoms with van der Waals surface area (Å²) in [7, 11) is 0. The highest BCUT2D eigenvalue weighted by Crippen LogP contribution is 2.23. The Morgan fingerprint density at radius 3 is 2.30 bits per heavy atom. The average Bonchev–Trinajstić information content (AvgIpc) is 2.92. The Hall–Kier alpha value is -1.00. The molecule has 114 valence electrons. The maximum absolute atomic E-state index is 9.74. The molecule has 1 aliphatic rings. The van der Waals surface area contributed by atoms with Crippen LogP contribution in [0.5, 0.6) is 0 Å². The van der Waals surface area contributed by atoms with E-state index in [-0.39, 0.29) is 13.2 Å². The van der Waals surface area contributed by atoms with Gasteiger partial charge >= 0.3 is 0 Å². The van der Waals surface area contributed by atoms with Gasteiger partial charge in [0.15, 0.2) is 6.29 Å². The molecule has 0 saturated carbocycles. The Kier molecular flexibility index (Phi) is 5.11. The molecule has 0 spiro atoms. The summed E-state index contributed by atoms with van der Waals surface area (Å²) >= 11 is 0. The van der Waals surface area contributed by atoms with Gasteiger partial charge in [0.1, 0.15) is 49.2 Å². The minimum Gasteiger partial charge on any atom is -0.461 e. The van der Waals surface area contributed by atoms with Crippen molar-refractivity contribution in [1.29, 1.82) is 0 Å². The number of rotatable bonds is 5. The minimum absolute atomic E-state index is 0.0529. The van der Waals surface area contributed by atoms with E-state index in [1.807, 2.05) is 0 Å². The fraction of sp³-hybridized carbons (Fsp3) is 0.667. The molecule has 5 atom stereocenters. The number of aliphatic hydroxyl groups excluding tert-OH is 5. The molecule has 1 aromatic rings. The molecule has 8 nitrogen and oxygen atoms in total. The van der Waals surface area contributed by atoms with E-state index in [4.69, 9.17) is 24.1 Å². The highest BCUT2D eigenvalue weighted by atomic mass is 16.7. The smallest absolute Gasteiger partial charge is 0.187 e. The van der Waals surface area contributed by atoms with Crippen molar-refractivity contribution in [2.24, 2.45) is 0 Å². The highest BCUT2D eigenvalue weighted by Gasteiger charge is 2.44. The molecule has 1 aromatic heterocycles. The third-order valence-corrected chi connectivity index (χ3v) is 3.11. The first-order valence-electron chi connectivity index (χ1n) is 6.17. The first-order valence-corrected chi connectivity index (χ1v) is 6.17. The molecular formula is C12H18O8. The monoisotopic (exact) mass is 290 g/mol. The lowest BCUT2D eigenvalue weighted by Crippen LogP contribution is -2.59. The van der Waals surface area contributed by atoms with Crippen molar-refractivity contribution < 1.29 is 39.4 Å². The van der Waals surface area contributed by atoms with E-state index in [0.717, 1.165) is 0 Å². The van der Waals surface area contributed by atoms with Gasteiger partial charge in [0.05, 0.1) is 6.61 Å². The predicted octanol–water partition coefficient (Wildman–Crippen LogP) is -1.91. The van der Waals surface area contributed by atoms with Gasteiger partial charge in [-0.15, -0.1) is 0 Å². The van der Waals surface area contributed by atoms with Crippen LogP contribution in [-0.4, -0.2) is 62.8 Å². The fourth-order valence-corrected chi connectivity index (χ4v) is 1.95. The molecule has 0 bridgehead atoms. The summed E-state index contributed by atoms with van der Waals surface area (Å²) in [5.74, 6) is 0.781. The second-order valence-electron chi connectivity index (χ2n) is 4.53. The molecular weight excluding hydrogens is 272 g/mol. The second kappa shape index (κ2) is 6.64. The molecule has 0 aliphatic carbocycles. The average molecular weight is 290 g/mol. The van der Waals surface area contributed by atoms with Crippen LogP contribution in [0.1, 0.15) is 11.5 Å². The summed E-state index contributed by atoms with van der Waals surface area (Å²) in [5.41, 5.74) is 0. The van der Waals surface area contributed by atoms with Crippen LogP contribution in [0.15, 0.2) is 16.5 Å².